The number of benzene rings is 5. The van der Waals surface area contributed by atoms with Gasteiger partial charge in [0.05, 0.1) is 0 Å². The molecule has 0 aliphatic carbocycles. The quantitative estimate of drug-likeness (QED) is 0.206. The number of nitrogens with zero attached hydrogens (tertiary/aromatic N) is 3. The molecule has 0 amide bonds. The van der Waals surface area contributed by atoms with Crippen LogP contribution in [0.15, 0.2) is 127 Å². The van der Waals surface area contributed by atoms with E-state index in [2.05, 4.69) is 139 Å². The molecule has 6 aromatic rings. The van der Waals surface area contributed by atoms with Gasteiger partial charge < -0.3 is 0 Å². The van der Waals surface area contributed by atoms with Crippen molar-refractivity contribution in [3.63, 3.8) is 0 Å². The van der Waals surface area contributed by atoms with Crippen molar-refractivity contribution in [3.05, 3.63) is 139 Å². The van der Waals surface area contributed by atoms with Crippen LogP contribution in [-0.2, 0) is 10.8 Å². The SMILES string of the molecule is CC(C)(C)c1cc(-c2cccc(-c3nc(-c4ccccc4)nc(-c4ccccc4-c4ccccc4)n3)c2)cc(C(C)(C)C)c1. The van der Waals surface area contributed by atoms with Crippen LogP contribution in [0.2, 0.25) is 0 Å². The molecule has 0 radical (unpaired) electrons. The molecule has 218 valence electrons. The Bertz CT molecular complexity index is 1880. The van der Waals surface area contributed by atoms with Crippen molar-refractivity contribution in [1.82, 2.24) is 15.0 Å². The molecule has 44 heavy (non-hydrogen) atoms. The lowest BCUT2D eigenvalue weighted by molar-refractivity contribution is 0.569. The summed E-state index contributed by atoms with van der Waals surface area (Å²) >= 11 is 0. The summed E-state index contributed by atoms with van der Waals surface area (Å²) in [6, 6.07) is 44.5. The second kappa shape index (κ2) is 11.7. The first-order valence-corrected chi connectivity index (χ1v) is 15.3. The summed E-state index contributed by atoms with van der Waals surface area (Å²) < 4.78 is 0. The van der Waals surface area contributed by atoms with Gasteiger partial charge in [0.2, 0.25) is 0 Å². The molecule has 0 bridgehead atoms. The van der Waals surface area contributed by atoms with Gasteiger partial charge in [0.1, 0.15) is 0 Å². The van der Waals surface area contributed by atoms with Gasteiger partial charge in [-0.3, -0.25) is 0 Å². The number of hydrogen-bond donors (Lipinski definition) is 0. The summed E-state index contributed by atoms with van der Waals surface area (Å²) in [6.07, 6.45) is 0. The van der Waals surface area contributed by atoms with Crippen molar-refractivity contribution in [2.45, 2.75) is 52.4 Å². The first-order chi connectivity index (χ1) is 21.1. The van der Waals surface area contributed by atoms with Crippen LogP contribution in [-0.4, -0.2) is 15.0 Å². The van der Waals surface area contributed by atoms with Gasteiger partial charge in [-0.25, -0.2) is 15.0 Å². The number of aromatic nitrogens is 3. The van der Waals surface area contributed by atoms with E-state index >= 15 is 0 Å². The van der Waals surface area contributed by atoms with Gasteiger partial charge in [-0.05, 0) is 50.3 Å². The Labute approximate surface area is 261 Å². The smallest absolute Gasteiger partial charge is 0.164 e. The summed E-state index contributed by atoms with van der Waals surface area (Å²) in [4.78, 5) is 15.2. The fraction of sp³-hybridized carbons (Fsp3) is 0.195. The van der Waals surface area contributed by atoms with Crippen LogP contribution in [0.4, 0.5) is 0 Å². The molecule has 0 saturated heterocycles. The lowest BCUT2D eigenvalue weighted by atomic mass is 9.79. The van der Waals surface area contributed by atoms with Crippen LogP contribution in [0.1, 0.15) is 52.7 Å². The summed E-state index contributed by atoms with van der Waals surface area (Å²) in [6.45, 7) is 13.7. The fourth-order valence-electron chi connectivity index (χ4n) is 5.39. The maximum Gasteiger partial charge on any atom is 0.164 e. The Hall–Kier alpha value is -4.89. The monoisotopic (exact) mass is 573 g/mol. The van der Waals surface area contributed by atoms with E-state index in [0.29, 0.717) is 17.5 Å². The van der Waals surface area contributed by atoms with Crippen molar-refractivity contribution in [2.24, 2.45) is 0 Å². The zero-order valence-corrected chi connectivity index (χ0v) is 26.5. The molecule has 0 atom stereocenters. The second-order valence-corrected chi connectivity index (χ2v) is 13.5. The molecule has 3 nitrogen and oxygen atoms in total. The highest BCUT2D eigenvalue weighted by Crippen LogP contribution is 2.36. The normalized spacial score (nSPS) is 11.9. The average molecular weight is 574 g/mol. The van der Waals surface area contributed by atoms with Gasteiger partial charge in [0.15, 0.2) is 17.5 Å². The minimum atomic E-state index is 0.0352. The van der Waals surface area contributed by atoms with Gasteiger partial charge >= 0.3 is 0 Å². The summed E-state index contributed by atoms with van der Waals surface area (Å²) in [5, 5.41) is 0. The molecule has 3 heteroatoms. The van der Waals surface area contributed by atoms with E-state index in [-0.39, 0.29) is 10.8 Å². The predicted molar refractivity (Wildman–Crippen MR) is 184 cm³/mol. The maximum atomic E-state index is 5.11. The summed E-state index contributed by atoms with van der Waals surface area (Å²) in [5.41, 5.74) is 10.2. The van der Waals surface area contributed by atoms with Crippen molar-refractivity contribution < 1.29 is 0 Å². The maximum absolute atomic E-state index is 5.11. The Balaban J connectivity index is 1.53. The van der Waals surface area contributed by atoms with Crippen molar-refractivity contribution in [2.75, 3.05) is 0 Å². The Morgan fingerprint density at radius 3 is 1.39 bits per heavy atom. The van der Waals surface area contributed by atoms with Crippen LogP contribution >= 0.6 is 0 Å². The molecule has 0 aliphatic rings. The largest absolute Gasteiger partial charge is 0.208 e. The Morgan fingerprint density at radius 2 is 0.795 bits per heavy atom. The van der Waals surface area contributed by atoms with Crippen LogP contribution < -0.4 is 0 Å². The molecule has 0 aliphatic heterocycles. The van der Waals surface area contributed by atoms with Crippen LogP contribution in [0.5, 0.6) is 0 Å². The first kappa shape index (κ1) is 29.2. The predicted octanol–water partition coefficient (Wildman–Crippen LogP) is 10.8. The summed E-state index contributed by atoms with van der Waals surface area (Å²) in [5.74, 6) is 1.97. The highest BCUT2D eigenvalue weighted by molar-refractivity contribution is 5.82. The molecule has 0 fully saturated rings. The second-order valence-electron chi connectivity index (χ2n) is 13.5. The van der Waals surface area contributed by atoms with Crippen molar-refractivity contribution in [1.29, 1.82) is 0 Å². The lowest BCUT2D eigenvalue weighted by Gasteiger charge is -2.26. The molecule has 0 spiro atoms. The minimum Gasteiger partial charge on any atom is -0.208 e. The molecule has 0 saturated carbocycles. The van der Waals surface area contributed by atoms with Gasteiger partial charge in [-0.1, -0.05) is 163 Å². The Morgan fingerprint density at radius 1 is 0.341 bits per heavy atom. The zero-order valence-electron chi connectivity index (χ0n) is 26.5. The molecular weight excluding hydrogens is 534 g/mol. The van der Waals surface area contributed by atoms with Crippen molar-refractivity contribution in [3.8, 4) is 56.4 Å². The van der Waals surface area contributed by atoms with E-state index in [1.165, 1.54) is 16.7 Å². The van der Waals surface area contributed by atoms with E-state index < -0.39 is 0 Å². The third-order valence-electron chi connectivity index (χ3n) is 8.04. The Kier molecular flexibility index (Phi) is 7.73. The van der Waals surface area contributed by atoms with Crippen molar-refractivity contribution >= 4 is 0 Å². The molecule has 6 rings (SSSR count). The average Bonchev–Trinajstić information content (AvgIpc) is 3.04. The lowest BCUT2D eigenvalue weighted by Crippen LogP contribution is -2.16. The molecule has 0 unspecified atom stereocenters. The van der Waals surface area contributed by atoms with E-state index in [1.807, 2.05) is 30.3 Å². The fourth-order valence-corrected chi connectivity index (χ4v) is 5.39. The van der Waals surface area contributed by atoms with Crippen LogP contribution in [0, 0.1) is 0 Å². The molecule has 5 aromatic carbocycles. The highest BCUT2D eigenvalue weighted by atomic mass is 15.0. The molecular formula is C41H39N3. The van der Waals surface area contributed by atoms with Gasteiger partial charge in [-0.2, -0.15) is 0 Å². The van der Waals surface area contributed by atoms with Gasteiger partial charge in [-0.15, -0.1) is 0 Å². The van der Waals surface area contributed by atoms with E-state index in [0.717, 1.165) is 33.4 Å². The van der Waals surface area contributed by atoms with E-state index in [4.69, 9.17) is 15.0 Å². The van der Waals surface area contributed by atoms with Crippen LogP contribution in [0.3, 0.4) is 0 Å². The molecule has 0 N–H and O–H groups in total. The van der Waals surface area contributed by atoms with E-state index in [1.54, 1.807) is 0 Å². The number of hydrogen-bond acceptors (Lipinski definition) is 3. The number of rotatable bonds is 5. The molecule has 1 heterocycles. The molecule has 1 aromatic heterocycles. The first-order valence-electron chi connectivity index (χ1n) is 15.3. The third-order valence-corrected chi connectivity index (χ3v) is 8.04. The van der Waals surface area contributed by atoms with Crippen LogP contribution in [0.25, 0.3) is 56.4 Å². The van der Waals surface area contributed by atoms with E-state index in [9.17, 15) is 0 Å². The standard InChI is InChI=1S/C41H39N3/c1-40(2,3)33-25-32(26-34(27-33)41(4,5)6)30-20-15-21-31(24-30)38-42-37(29-18-11-8-12-19-29)43-39(44-38)36-23-14-13-22-35(36)28-16-9-7-10-17-28/h7-27H,1-6H3. The van der Waals surface area contributed by atoms with Gasteiger partial charge in [0.25, 0.3) is 0 Å². The topological polar surface area (TPSA) is 38.7 Å². The summed E-state index contributed by atoms with van der Waals surface area (Å²) in [7, 11) is 0. The van der Waals surface area contributed by atoms with Gasteiger partial charge in [0, 0.05) is 16.7 Å². The highest BCUT2D eigenvalue weighted by Gasteiger charge is 2.21. The zero-order chi connectivity index (χ0) is 30.9. The minimum absolute atomic E-state index is 0.0352. The third kappa shape index (κ3) is 6.23.